The molecule has 0 bridgehead atoms. The normalized spacial score (nSPS) is 17.9. The summed E-state index contributed by atoms with van der Waals surface area (Å²) in [6.45, 7) is 11.7. The van der Waals surface area contributed by atoms with Gasteiger partial charge in [0.05, 0.1) is 23.7 Å². The number of esters is 2. The Kier molecular flexibility index (Phi) is 10.5. The molecule has 1 amide bonds. The van der Waals surface area contributed by atoms with Crippen LogP contribution in [0.15, 0.2) is 48.5 Å². The minimum absolute atomic E-state index is 0.0342. The average Bonchev–Trinajstić information content (AvgIpc) is 2.89. The smallest absolute Gasteiger partial charge is 0.416 e. The highest BCUT2D eigenvalue weighted by Crippen LogP contribution is 2.39. The van der Waals surface area contributed by atoms with Gasteiger partial charge in [-0.3, -0.25) is 4.79 Å². The van der Waals surface area contributed by atoms with Crippen LogP contribution in [-0.4, -0.2) is 56.3 Å². The number of amides is 1. The largest absolute Gasteiger partial charge is 0.466 e. The third-order valence-electron chi connectivity index (χ3n) is 6.87. The molecule has 230 valence electrons. The quantitative estimate of drug-likeness (QED) is 0.178. The Morgan fingerprint density at radius 1 is 0.976 bits per heavy atom. The molecule has 1 heterocycles. The van der Waals surface area contributed by atoms with E-state index in [1.807, 2.05) is 30.3 Å². The van der Waals surface area contributed by atoms with E-state index in [4.69, 9.17) is 14.2 Å². The molecule has 1 aliphatic rings. The maximum absolute atomic E-state index is 13.7. The monoisotopic (exact) mass is 607 g/mol. The number of piperidine rings is 1. The van der Waals surface area contributed by atoms with Crippen LogP contribution in [0.4, 0.5) is 18.0 Å². The maximum atomic E-state index is 13.7. The summed E-state index contributed by atoms with van der Waals surface area (Å²) >= 11 is 0. The first-order valence-electron chi connectivity index (χ1n) is 14.0. The molecule has 1 aliphatic heterocycles. The third kappa shape index (κ3) is 9.61. The van der Waals surface area contributed by atoms with E-state index in [0.29, 0.717) is 0 Å². The van der Waals surface area contributed by atoms with Gasteiger partial charge in [-0.25, -0.2) is 9.59 Å². The standard InChI is InChI=1S/C31H40F3NO6Si/c1-30(2,3)41-28(37)25-18-22(31(32,33)34)12-13-23(25)26-19-35(29(38)40-20-21-10-8-7-9-11-21)15-14-24(26)27(36)39-16-17-42(4,5)6/h7-13,18,24,26H,14-17,19-20H2,1-6H3. The summed E-state index contributed by atoms with van der Waals surface area (Å²) in [5.41, 5.74) is -1.32. The molecule has 2 atom stereocenters. The molecule has 0 aliphatic carbocycles. The van der Waals surface area contributed by atoms with Crippen LogP contribution in [0.3, 0.4) is 0 Å². The molecule has 1 saturated heterocycles. The van der Waals surface area contributed by atoms with Gasteiger partial charge in [-0.2, -0.15) is 13.2 Å². The maximum Gasteiger partial charge on any atom is 0.416 e. The van der Waals surface area contributed by atoms with Crippen LogP contribution in [0.25, 0.3) is 0 Å². The highest BCUT2D eigenvalue weighted by atomic mass is 28.3. The number of carbonyl (C=O) groups is 3. The van der Waals surface area contributed by atoms with Gasteiger partial charge in [-0.05, 0) is 56.5 Å². The molecule has 0 spiro atoms. The summed E-state index contributed by atoms with van der Waals surface area (Å²) in [6, 6.07) is 12.7. The molecule has 3 rings (SSSR count). The molecule has 42 heavy (non-hydrogen) atoms. The van der Waals surface area contributed by atoms with Gasteiger partial charge < -0.3 is 19.1 Å². The second kappa shape index (κ2) is 13.3. The van der Waals surface area contributed by atoms with Crippen LogP contribution in [0.2, 0.25) is 25.7 Å². The number of ether oxygens (including phenoxy) is 3. The zero-order valence-corrected chi connectivity index (χ0v) is 26.0. The predicted octanol–water partition coefficient (Wildman–Crippen LogP) is 7.28. The zero-order valence-electron chi connectivity index (χ0n) is 25.0. The van der Waals surface area contributed by atoms with Crippen molar-refractivity contribution in [3.8, 4) is 0 Å². The van der Waals surface area contributed by atoms with E-state index >= 15 is 0 Å². The number of benzene rings is 2. The van der Waals surface area contributed by atoms with Crippen molar-refractivity contribution < 1.29 is 41.8 Å². The number of likely N-dealkylation sites (tertiary alicyclic amines) is 1. The van der Waals surface area contributed by atoms with E-state index in [9.17, 15) is 27.6 Å². The summed E-state index contributed by atoms with van der Waals surface area (Å²) in [7, 11) is -1.50. The van der Waals surface area contributed by atoms with Crippen molar-refractivity contribution in [1.29, 1.82) is 0 Å². The van der Waals surface area contributed by atoms with Gasteiger partial charge in [0.15, 0.2) is 0 Å². The summed E-state index contributed by atoms with van der Waals surface area (Å²) in [5.74, 6) is -3.07. The zero-order chi connectivity index (χ0) is 31.3. The minimum atomic E-state index is -4.70. The number of hydrogen-bond donors (Lipinski definition) is 0. The van der Waals surface area contributed by atoms with Gasteiger partial charge in [-0.15, -0.1) is 0 Å². The number of nitrogens with zero attached hydrogens (tertiary/aromatic N) is 1. The van der Waals surface area contributed by atoms with E-state index in [1.54, 1.807) is 20.8 Å². The molecular formula is C31H40F3NO6Si. The topological polar surface area (TPSA) is 82.1 Å². The van der Waals surface area contributed by atoms with Crippen molar-refractivity contribution in [3.63, 3.8) is 0 Å². The molecule has 11 heteroatoms. The molecule has 2 unspecified atom stereocenters. The highest BCUT2D eigenvalue weighted by Gasteiger charge is 2.41. The van der Waals surface area contributed by atoms with Crippen LogP contribution in [-0.2, 0) is 31.8 Å². The molecule has 2 aromatic carbocycles. The molecular weight excluding hydrogens is 567 g/mol. The van der Waals surface area contributed by atoms with Crippen LogP contribution in [0.5, 0.6) is 0 Å². The summed E-state index contributed by atoms with van der Waals surface area (Å²) in [5, 5.41) is 0. The van der Waals surface area contributed by atoms with Gasteiger partial charge >= 0.3 is 24.2 Å². The summed E-state index contributed by atoms with van der Waals surface area (Å²) < 4.78 is 57.6. The number of rotatable bonds is 8. The minimum Gasteiger partial charge on any atom is -0.466 e. The van der Waals surface area contributed by atoms with Crippen molar-refractivity contribution >= 4 is 26.1 Å². The lowest BCUT2D eigenvalue weighted by molar-refractivity contribution is -0.150. The highest BCUT2D eigenvalue weighted by molar-refractivity contribution is 6.76. The summed E-state index contributed by atoms with van der Waals surface area (Å²) in [4.78, 5) is 41.0. The Bertz CT molecular complexity index is 1250. The summed E-state index contributed by atoms with van der Waals surface area (Å²) in [6.07, 6.45) is -5.14. The Hall–Kier alpha value is -3.34. The van der Waals surface area contributed by atoms with Gasteiger partial charge in [0.25, 0.3) is 0 Å². The van der Waals surface area contributed by atoms with Gasteiger partial charge in [0.1, 0.15) is 12.2 Å². The van der Waals surface area contributed by atoms with Crippen molar-refractivity contribution in [2.24, 2.45) is 5.92 Å². The first kappa shape index (κ1) is 33.2. The average molecular weight is 608 g/mol. The lowest BCUT2D eigenvalue weighted by atomic mass is 9.78. The SMILES string of the molecule is CC(C)(C)OC(=O)c1cc(C(F)(F)F)ccc1C1CN(C(=O)OCc2ccccc2)CCC1C(=O)OCC[Si](C)(C)C. The van der Waals surface area contributed by atoms with Crippen LogP contribution in [0.1, 0.15) is 60.2 Å². The molecule has 2 aromatic rings. The first-order valence-corrected chi connectivity index (χ1v) is 17.7. The Morgan fingerprint density at radius 2 is 1.64 bits per heavy atom. The van der Waals surface area contributed by atoms with Crippen molar-refractivity contribution in [3.05, 3.63) is 70.8 Å². The predicted molar refractivity (Wildman–Crippen MR) is 155 cm³/mol. The molecule has 0 N–H and O–H groups in total. The Morgan fingerprint density at radius 3 is 2.24 bits per heavy atom. The van der Waals surface area contributed by atoms with E-state index in [2.05, 4.69) is 19.6 Å². The second-order valence-electron chi connectivity index (χ2n) is 12.8. The van der Waals surface area contributed by atoms with E-state index in [0.717, 1.165) is 23.7 Å². The van der Waals surface area contributed by atoms with Crippen molar-refractivity contribution in [2.75, 3.05) is 19.7 Å². The molecule has 0 radical (unpaired) electrons. The number of halogens is 3. The Balaban J connectivity index is 1.96. The number of carbonyl (C=O) groups excluding carboxylic acids is 3. The third-order valence-corrected chi connectivity index (χ3v) is 8.58. The van der Waals surface area contributed by atoms with Crippen molar-refractivity contribution in [2.45, 2.75) is 77.2 Å². The van der Waals surface area contributed by atoms with E-state index < -0.39 is 55.3 Å². The van der Waals surface area contributed by atoms with Gasteiger partial charge in [-0.1, -0.05) is 56.0 Å². The van der Waals surface area contributed by atoms with E-state index in [1.165, 1.54) is 11.0 Å². The van der Waals surface area contributed by atoms with Gasteiger partial charge in [0, 0.05) is 27.1 Å². The lowest BCUT2D eigenvalue weighted by Crippen LogP contribution is -2.46. The lowest BCUT2D eigenvalue weighted by Gasteiger charge is -2.38. The first-order chi connectivity index (χ1) is 19.4. The second-order valence-corrected chi connectivity index (χ2v) is 18.4. The van der Waals surface area contributed by atoms with Crippen LogP contribution >= 0.6 is 0 Å². The fourth-order valence-corrected chi connectivity index (χ4v) is 5.37. The fourth-order valence-electron chi connectivity index (χ4n) is 4.66. The van der Waals surface area contributed by atoms with E-state index in [-0.39, 0.29) is 43.9 Å². The van der Waals surface area contributed by atoms with Crippen molar-refractivity contribution in [1.82, 2.24) is 4.90 Å². The number of hydrogen-bond acceptors (Lipinski definition) is 6. The Labute approximate surface area is 246 Å². The van der Waals surface area contributed by atoms with Gasteiger partial charge in [0.2, 0.25) is 0 Å². The fraction of sp³-hybridized carbons (Fsp3) is 0.516. The molecule has 0 aromatic heterocycles. The molecule has 1 fully saturated rings. The molecule has 0 saturated carbocycles. The number of alkyl halides is 3. The molecule has 7 nitrogen and oxygen atoms in total. The van der Waals surface area contributed by atoms with Crippen LogP contribution in [0, 0.1) is 5.92 Å². The van der Waals surface area contributed by atoms with Crippen LogP contribution < -0.4 is 0 Å².